The van der Waals surface area contributed by atoms with Crippen molar-refractivity contribution in [1.82, 2.24) is 5.32 Å². The van der Waals surface area contributed by atoms with Crippen molar-refractivity contribution >= 4 is 52.4 Å². The number of nitrogens with one attached hydrogen (secondary N) is 3. The van der Waals surface area contributed by atoms with Gasteiger partial charge in [-0.05, 0) is 60.9 Å². The second-order valence-electron chi connectivity index (χ2n) is 8.44. The predicted molar refractivity (Wildman–Crippen MR) is 143 cm³/mol. The number of carbonyl (C=O) groups excluding carboxylic acids is 4. The molecule has 0 aliphatic rings. The third kappa shape index (κ3) is 7.75. The standard InChI is InChI=1S/C28H26ClN3O6/c1-30-26(35)22-13-10-20(29)16-23(22)32-27(36)24(33)14-9-19(15-17-5-3-2-4-6-17)25(34)31-21-11-7-18(8-12-21)28(37)38/h2-8,10-13,16,19H,9,14-15H2,1H3,(H,30,35)(H,31,34)(H,32,36)(H,37,38)/t19-/m0/s1. The number of ketones is 1. The van der Waals surface area contributed by atoms with E-state index in [9.17, 15) is 24.0 Å². The predicted octanol–water partition coefficient (Wildman–Crippen LogP) is 4.18. The van der Waals surface area contributed by atoms with Crippen molar-refractivity contribution in [2.75, 3.05) is 17.7 Å². The molecule has 3 amide bonds. The van der Waals surface area contributed by atoms with Gasteiger partial charge in [0.25, 0.3) is 11.8 Å². The van der Waals surface area contributed by atoms with E-state index in [0.29, 0.717) is 12.1 Å². The Morgan fingerprint density at radius 2 is 1.58 bits per heavy atom. The van der Waals surface area contributed by atoms with Crippen molar-refractivity contribution in [3.63, 3.8) is 0 Å². The van der Waals surface area contributed by atoms with E-state index >= 15 is 0 Å². The maximum atomic E-state index is 13.1. The number of hydrogen-bond acceptors (Lipinski definition) is 5. The first-order valence-corrected chi connectivity index (χ1v) is 12.1. The van der Waals surface area contributed by atoms with Crippen molar-refractivity contribution in [3.8, 4) is 0 Å². The lowest BCUT2D eigenvalue weighted by molar-refractivity contribution is -0.135. The molecule has 4 N–H and O–H groups in total. The van der Waals surface area contributed by atoms with E-state index in [2.05, 4.69) is 16.0 Å². The van der Waals surface area contributed by atoms with Crippen LogP contribution in [0.2, 0.25) is 5.02 Å². The molecule has 3 aromatic rings. The number of aromatic carboxylic acids is 1. The number of carboxylic acids is 1. The van der Waals surface area contributed by atoms with Gasteiger partial charge in [-0.1, -0.05) is 41.9 Å². The molecule has 0 aliphatic carbocycles. The van der Waals surface area contributed by atoms with Crippen LogP contribution >= 0.6 is 11.6 Å². The molecule has 0 bridgehead atoms. The molecule has 0 radical (unpaired) electrons. The van der Waals surface area contributed by atoms with Crippen LogP contribution < -0.4 is 16.0 Å². The minimum absolute atomic E-state index is 0.0814. The van der Waals surface area contributed by atoms with Gasteiger partial charge >= 0.3 is 5.97 Å². The molecule has 1 atom stereocenters. The van der Waals surface area contributed by atoms with Crippen LogP contribution in [0.3, 0.4) is 0 Å². The highest BCUT2D eigenvalue weighted by Gasteiger charge is 2.24. The van der Waals surface area contributed by atoms with E-state index in [4.69, 9.17) is 16.7 Å². The Balaban J connectivity index is 1.70. The first kappa shape index (κ1) is 28.1. The Morgan fingerprint density at radius 3 is 2.21 bits per heavy atom. The SMILES string of the molecule is CNC(=O)c1ccc(Cl)cc1NC(=O)C(=O)CC[C@@H](Cc1ccccc1)C(=O)Nc1ccc(C(=O)O)cc1. The Kier molecular flexibility index (Phi) is 9.72. The molecule has 0 heterocycles. The summed E-state index contributed by atoms with van der Waals surface area (Å²) in [5.74, 6) is -4.25. The second kappa shape index (κ2) is 13.2. The summed E-state index contributed by atoms with van der Waals surface area (Å²) in [6, 6.07) is 19.2. The molecule has 38 heavy (non-hydrogen) atoms. The summed E-state index contributed by atoms with van der Waals surface area (Å²) in [5, 5.41) is 17.0. The number of rotatable bonds is 11. The van der Waals surface area contributed by atoms with Crippen LogP contribution in [0.25, 0.3) is 0 Å². The number of carbonyl (C=O) groups is 5. The van der Waals surface area contributed by atoms with Gasteiger partial charge in [0.15, 0.2) is 0 Å². The lowest BCUT2D eigenvalue weighted by Crippen LogP contribution is -2.29. The lowest BCUT2D eigenvalue weighted by Gasteiger charge is -2.17. The van der Waals surface area contributed by atoms with E-state index in [-0.39, 0.29) is 40.6 Å². The molecule has 0 saturated heterocycles. The van der Waals surface area contributed by atoms with E-state index < -0.39 is 29.5 Å². The molecule has 3 aromatic carbocycles. The minimum Gasteiger partial charge on any atom is -0.478 e. The number of Topliss-reactive ketones (excluding diaryl/α,β-unsaturated/α-hetero) is 1. The first-order chi connectivity index (χ1) is 18.2. The van der Waals surface area contributed by atoms with E-state index in [0.717, 1.165) is 5.56 Å². The van der Waals surface area contributed by atoms with Crippen molar-refractivity contribution in [1.29, 1.82) is 0 Å². The van der Waals surface area contributed by atoms with Crippen LogP contribution in [0, 0.1) is 5.92 Å². The Hall–Kier alpha value is -4.50. The quantitative estimate of drug-likeness (QED) is 0.271. The van der Waals surface area contributed by atoms with Gasteiger partial charge in [0.2, 0.25) is 11.7 Å². The van der Waals surface area contributed by atoms with Gasteiger partial charge in [0.1, 0.15) is 0 Å². The number of benzene rings is 3. The van der Waals surface area contributed by atoms with Crippen molar-refractivity contribution in [2.24, 2.45) is 5.92 Å². The molecule has 196 valence electrons. The van der Waals surface area contributed by atoms with E-state index in [1.54, 1.807) is 0 Å². The summed E-state index contributed by atoms with van der Waals surface area (Å²) in [4.78, 5) is 61.6. The van der Waals surface area contributed by atoms with Gasteiger partial charge in [0.05, 0.1) is 16.8 Å². The highest BCUT2D eigenvalue weighted by atomic mass is 35.5. The topological polar surface area (TPSA) is 142 Å². The average Bonchev–Trinajstić information content (AvgIpc) is 2.91. The Morgan fingerprint density at radius 1 is 0.895 bits per heavy atom. The maximum Gasteiger partial charge on any atom is 0.335 e. The lowest BCUT2D eigenvalue weighted by atomic mass is 9.92. The summed E-state index contributed by atoms with van der Waals surface area (Å²) in [5.41, 5.74) is 1.61. The highest BCUT2D eigenvalue weighted by molar-refractivity contribution is 6.41. The monoisotopic (exact) mass is 535 g/mol. The van der Waals surface area contributed by atoms with Gasteiger partial charge in [-0.3, -0.25) is 19.2 Å². The summed E-state index contributed by atoms with van der Waals surface area (Å²) in [6.45, 7) is 0. The number of halogens is 1. The summed E-state index contributed by atoms with van der Waals surface area (Å²) < 4.78 is 0. The molecular weight excluding hydrogens is 510 g/mol. The van der Waals surface area contributed by atoms with Gasteiger partial charge < -0.3 is 21.1 Å². The van der Waals surface area contributed by atoms with Crippen LogP contribution in [-0.2, 0) is 20.8 Å². The smallest absolute Gasteiger partial charge is 0.335 e. The molecule has 0 unspecified atom stereocenters. The fourth-order valence-corrected chi connectivity index (χ4v) is 3.90. The molecule has 0 spiro atoms. The van der Waals surface area contributed by atoms with Crippen LogP contribution in [0.4, 0.5) is 11.4 Å². The minimum atomic E-state index is -1.08. The van der Waals surface area contributed by atoms with Crippen LogP contribution in [0.5, 0.6) is 0 Å². The molecular formula is C28H26ClN3O6. The van der Waals surface area contributed by atoms with Gasteiger partial charge in [-0.2, -0.15) is 0 Å². The van der Waals surface area contributed by atoms with Crippen molar-refractivity contribution < 1.29 is 29.1 Å². The Labute approximate surface area is 224 Å². The van der Waals surface area contributed by atoms with Crippen molar-refractivity contribution in [3.05, 3.63) is 94.5 Å². The number of amides is 3. The zero-order valence-electron chi connectivity index (χ0n) is 20.5. The molecule has 0 aliphatic heterocycles. The average molecular weight is 536 g/mol. The van der Waals surface area contributed by atoms with Gasteiger partial charge in [-0.25, -0.2) is 4.79 Å². The fourth-order valence-electron chi connectivity index (χ4n) is 3.73. The molecule has 9 nitrogen and oxygen atoms in total. The van der Waals surface area contributed by atoms with E-state index in [1.807, 2.05) is 30.3 Å². The third-order valence-corrected chi connectivity index (χ3v) is 6.00. The third-order valence-electron chi connectivity index (χ3n) is 5.77. The molecule has 0 fully saturated rings. The van der Waals surface area contributed by atoms with Crippen LogP contribution in [-0.4, -0.2) is 41.6 Å². The number of carboxylic acid groups (broad SMARTS) is 1. The van der Waals surface area contributed by atoms with Crippen LogP contribution in [0.15, 0.2) is 72.8 Å². The molecule has 10 heteroatoms. The van der Waals surface area contributed by atoms with E-state index in [1.165, 1.54) is 49.5 Å². The normalized spacial score (nSPS) is 11.2. The zero-order chi connectivity index (χ0) is 27.7. The summed E-state index contributed by atoms with van der Waals surface area (Å²) in [6.07, 6.45) is 0.187. The van der Waals surface area contributed by atoms with Crippen LogP contribution in [0.1, 0.15) is 39.1 Å². The Bertz CT molecular complexity index is 1340. The first-order valence-electron chi connectivity index (χ1n) is 11.7. The highest BCUT2D eigenvalue weighted by Crippen LogP contribution is 2.22. The van der Waals surface area contributed by atoms with Gasteiger partial charge in [0, 0.05) is 30.1 Å². The fraction of sp³-hybridized carbons (Fsp3) is 0.179. The molecule has 0 aromatic heterocycles. The molecule has 3 rings (SSSR count). The van der Waals surface area contributed by atoms with Gasteiger partial charge in [-0.15, -0.1) is 0 Å². The summed E-state index contributed by atoms with van der Waals surface area (Å²) >= 11 is 5.99. The number of anilines is 2. The zero-order valence-corrected chi connectivity index (χ0v) is 21.2. The summed E-state index contributed by atoms with van der Waals surface area (Å²) in [7, 11) is 1.44. The second-order valence-corrected chi connectivity index (χ2v) is 8.88. The maximum absolute atomic E-state index is 13.1. The largest absolute Gasteiger partial charge is 0.478 e. The molecule has 0 saturated carbocycles. The number of hydrogen-bond donors (Lipinski definition) is 4. The van der Waals surface area contributed by atoms with Crippen molar-refractivity contribution in [2.45, 2.75) is 19.3 Å².